The van der Waals surface area contributed by atoms with Crippen molar-refractivity contribution in [3.05, 3.63) is 0 Å². The lowest BCUT2D eigenvalue weighted by Gasteiger charge is -2.16. The molecule has 0 aliphatic rings. The molecule has 0 atom stereocenters. The molecule has 0 saturated carbocycles. The van der Waals surface area contributed by atoms with Crippen molar-refractivity contribution in [2.75, 3.05) is 26.3 Å². The molecule has 0 aromatic rings. The number of ether oxygens (including phenoxy) is 2. The van der Waals surface area contributed by atoms with Crippen molar-refractivity contribution >= 4 is 18.3 Å². The van der Waals surface area contributed by atoms with E-state index in [2.05, 4.69) is 26.1 Å². The maximum absolute atomic E-state index is 11.7. The van der Waals surface area contributed by atoms with Gasteiger partial charge >= 0.3 is 18.3 Å². The molecule has 3 amide bonds. The van der Waals surface area contributed by atoms with E-state index in [4.69, 9.17) is 14.6 Å². The molecule has 41 heavy (non-hydrogen) atoms. The van der Waals surface area contributed by atoms with Gasteiger partial charge in [-0.05, 0) is 25.7 Å². The zero-order chi connectivity index (χ0) is 30.8. The number of carboxylic acid groups (broad SMARTS) is 1. The van der Waals surface area contributed by atoms with Crippen LogP contribution in [0.15, 0.2) is 0 Å². The van der Waals surface area contributed by atoms with E-state index in [0.29, 0.717) is 19.6 Å². The van der Waals surface area contributed by atoms with Crippen LogP contribution in [-0.2, 0) is 9.47 Å². The fourth-order valence-electron chi connectivity index (χ4n) is 4.28. The first-order valence-corrected chi connectivity index (χ1v) is 17.0. The van der Waals surface area contributed by atoms with Crippen molar-refractivity contribution < 1.29 is 29.0 Å². The quantitative estimate of drug-likeness (QED) is 0.0977. The number of carbonyl (C=O) groups is 3. The highest BCUT2D eigenvalue weighted by Crippen LogP contribution is 2.10. The number of carbonyl (C=O) groups excluding carboxylic acids is 2. The van der Waals surface area contributed by atoms with E-state index in [1.54, 1.807) is 0 Å². The van der Waals surface area contributed by atoms with Gasteiger partial charge in [0.1, 0.15) is 0 Å². The zero-order valence-corrected chi connectivity index (χ0v) is 27.3. The van der Waals surface area contributed by atoms with Gasteiger partial charge in [0.25, 0.3) is 0 Å². The van der Waals surface area contributed by atoms with Gasteiger partial charge in [-0.3, -0.25) is 0 Å². The number of amides is 3. The van der Waals surface area contributed by atoms with Crippen molar-refractivity contribution in [2.24, 2.45) is 0 Å². The number of hydrogen-bond acceptors (Lipinski definition) is 5. The predicted octanol–water partition coefficient (Wildman–Crippen LogP) is 10.5. The standard InChI is InChI=1S/C17H33NO4.C16H33NO2/c1-3-5-7-8-9-10-11-13-15-22-17(21)18(16(19)20)14-12-6-4-2;1-3-5-7-8-9-10-11-13-15-19-16(18)17-14-12-6-4-2/h3-15H2,1-2H3,(H,19,20);3-15H2,1-2H3,(H,17,18). The van der Waals surface area contributed by atoms with Crippen LogP contribution in [0, 0.1) is 0 Å². The van der Waals surface area contributed by atoms with Gasteiger partial charge < -0.3 is 19.9 Å². The van der Waals surface area contributed by atoms with E-state index >= 15 is 0 Å². The van der Waals surface area contributed by atoms with E-state index in [-0.39, 0.29) is 12.6 Å². The van der Waals surface area contributed by atoms with E-state index in [1.807, 2.05) is 6.92 Å². The SMILES string of the molecule is CCCCCCCCCCOC(=O)N(CCCCC)C(=O)O.CCCCCCCCCCOC(=O)NCCCCC. The second-order valence-corrected chi connectivity index (χ2v) is 11.0. The molecule has 0 fully saturated rings. The Morgan fingerprint density at radius 3 is 1.39 bits per heavy atom. The summed E-state index contributed by atoms with van der Waals surface area (Å²) in [5.74, 6) is 0. The average molecular weight is 587 g/mol. The second-order valence-electron chi connectivity index (χ2n) is 11.0. The Kier molecular flexibility index (Phi) is 34.3. The highest BCUT2D eigenvalue weighted by Gasteiger charge is 2.21. The van der Waals surface area contributed by atoms with Crippen molar-refractivity contribution in [3.63, 3.8) is 0 Å². The lowest BCUT2D eigenvalue weighted by molar-refractivity contribution is 0.0924. The van der Waals surface area contributed by atoms with Crippen LogP contribution < -0.4 is 5.32 Å². The molecule has 244 valence electrons. The maximum Gasteiger partial charge on any atom is 0.419 e. The summed E-state index contributed by atoms with van der Waals surface area (Å²) in [5, 5.41) is 11.8. The molecule has 0 radical (unpaired) electrons. The monoisotopic (exact) mass is 586 g/mol. The Bertz CT molecular complexity index is 588. The van der Waals surface area contributed by atoms with Gasteiger partial charge in [-0.25, -0.2) is 19.3 Å². The molecule has 0 rings (SSSR count). The number of hydrogen-bond donors (Lipinski definition) is 2. The van der Waals surface area contributed by atoms with E-state index in [9.17, 15) is 14.4 Å². The van der Waals surface area contributed by atoms with E-state index in [0.717, 1.165) is 62.8 Å². The molecule has 0 saturated heterocycles. The first-order valence-electron chi connectivity index (χ1n) is 17.0. The number of nitrogens with zero attached hydrogens (tertiary/aromatic N) is 1. The van der Waals surface area contributed by atoms with Gasteiger partial charge in [-0.1, -0.05) is 143 Å². The Balaban J connectivity index is 0. The first-order chi connectivity index (χ1) is 19.9. The molecule has 2 N–H and O–H groups in total. The number of nitrogens with one attached hydrogen (secondary N) is 1. The van der Waals surface area contributed by atoms with Gasteiger partial charge in [0, 0.05) is 13.1 Å². The molecular formula is C33H66N2O6. The van der Waals surface area contributed by atoms with Crippen LogP contribution in [0.3, 0.4) is 0 Å². The zero-order valence-electron chi connectivity index (χ0n) is 27.3. The summed E-state index contributed by atoms with van der Waals surface area (Å²) < 4.78 is 10.2. The van der Waals surface area contributed by atoms with Crippen LogP contribution in [-0.4, -0.2) is 54.6 Å². The number of rotatable bonds is 26. The first kappa shape index (κ1) is 41.1. The molecule has 0 aromatic carbocycles. The summed E-state index contributed by atoms with van der Waals surface area (Å²) >= 11 is 0. The van der Waals surface area contributed by atoms with Crippen molar-refractivity contribution in [2.45, 2.75) is 169 Å². The summed E-state index contributed by atoms with van der Waals surface area (Å²) in [4.78, 5) is 34.8. The third-order valence-corrected chi connectivity index (χ3v) is 6.94. The maximum atomic E-state index is 11.7. The average Bonchev–Trinajstić information content (AvgIpc) is 2.96. The van der Waals surface area contributed by atoms with Gasteiger partial charge in [0.05, 0.1) is 13.2 Å². The van der Waals surface area contributed by atoms with E-state index in [1.165, 1.54) is 83.5 Å². The molecular weight excluding hydrogens is 520 g/mol. The Labute approximate surface area is 252 Å². The third-order valence-electron chi connectivity index (χ3n) is 6.94. The number of unbranched alkanes of at least 4 members (excludes halogenated alkanes) is 18. The van der Waals surface area contributed by atoms with Gasteiger partial charge in [0.15, 0.2) is 0 Å². The summed E-state index contributed by atoms with van der Waals surface area (Å²) in [6.07, 6.45) is 23.3. The molecule has 0 heterocycles. The van der Waals surface area contributed by atoms with E-state index < -0.39 is 12.2 Å². The molecule has 0 spiro atoms. The fraction of sp³-hybridized carbons (Fsp3) is 0.909. The van der Waals surface area contributed by atoms with Crippen LogP contribution in [0.4, 0.5) is 14.4 Å². The van der Waals surface area contributed by atoms with Crippen LogP contribution in [0.2, 0.25) is 0 Å². The summed E-state index contributed by atoms with van der Waals surface area (Å²) in [7, 11) is 0. The summed E-state index contributed by atoms with van der Waals surface area (Å²) in [5.41, 5.74) is 0. The highest BCUT2D eigenvalue weighted by molar-refractivity contribution is 5.86. The Morgan fingerprint density at radius 2 is 0.927 bits per heavy atom. The number of imide groups is 1. The smallest absolute Gasteiger partial charge is 0.419 e. The molecule has 0 aromatic heterocycles. The molecule has 0 aliphatic heterocycles. The van der Waals surface area contributed by atoms with Crippen LogP contribution in [0.5, 0.6) is 0 Å². The van der Waals surface area contributed by atoms with Gasteiger partial charge in [0.2, 0.25) is 0 Å². The van der Waals surface area contributed by atoms with Gasteiger partial charge in [-0.15, -0.1) is 0 Å². The topological polar surface area (TPSA) is 105 Å². The lowest BCUT2D eigenvalue weighted by atomic mass is 10.1. The van der Waals surface area contributed by atoms with Crippen molar-refractivity contribution in [3.8, 4) is 0 Å². The van der Waals surface area contributed by atoms with Crippen LogP contribution in [0.1, 0.15) is 169 Å². The lowest BCUT2D eigenvalue weighted by Crippen LogP contribution is -2.37. The fourth-order valence-corrected chi connectivity index (χ4v) is 4.28. The molecule has 0 bridgehead atoms. The summed E-state index contributed by atoms with van der Waals surface area (Å²) in [6, 6.07) is 0. The third kappa shape index (κ3) is 32.4. The Morgan fingerprint density at radius 1 is 0.537 bits per heavy atom. The van der Waals surface area contributed by atoms with Crippen molar-refractivity contribution in [1.82, 2.24) is 10.2 Å². The minimum Gasteiger partial charge on any atom is -0.465 e. The number of alkyl carbamates (subject to hydrolysis) is 1. The normalized spacial score (nSPS) is 10.4. The highest BCUT2D eigenvalue weighted by atomic mass is 16.6. The minimum atomic E-state index is -1.22. The molecule has 8 nitrogen and oxygen atoms in total. The Hall–Kier alpha value is -1.99. The second kappa shape index (κ2) is 34.2. The van der Waals surface area contributed by atoms with Crippen LogP contribution >= 0.6 is 0 Å². The minimum absolute atomic E-state index is 0.222. The van der Waals surface area contributed by atoms with Crippen molar-refractivity contribution in [1.29, 1.82) is 0 Å². The van der Waals surface area contributed by atoms with Crippen LogP contribution in [0.25, 0.3) is 0 Å². The van der Waals surface area contributed by atoms with Gasteiger partial charge in [-0.2, -0.15) is 0 Å². The molecule has 0 unspecified atom stereocenters. The molecule has 8 heteroatoms. The largest absolute Gasteiger partial charge is 0.465 e. The molecule has 0 aliphatic carbocycles. The predicted molar refractivity (Wildman–Crippen MR) is 170 cm³/mol. The summed E-state index contributed by atoms with van der Waals surface area (Å²) in [6.45, 7) is 10.5.